The molecule has 0 aliphatic carbocycles. The second-order valence-corrected chi connectivity index (χ2v) is 2.72. The van der Waals surface area contributed by atoms with Gasteiger partial charge in [0, 0.05) is 0 Å². The van der Waals surface area contributed by atoms with Crippen LogP contribution in [0.2, 0.25) is 0 Å². The highest BCUT2D eigenvalue weighted by Gasteiger charge is 2.32. The van der Waals surface area contributed by atoms with Crippen LogP contribution in [0.15, 0.2) is 0 Å². The van der Waals surface area contributed by atoms with E-state index in [9.17, 15) is 9.59 Å². The van der Waals surface area contributed by atoms with Crippen LogP contribution in [0.3, 0.4) is 0 Å². The van der Waals surface area contributed by atoms with Crippen LogP contribution in [0.4, 0.5) is 0 Å². The van der Waals surface area contributed by atoms with E-state index in [0.717, 1.165) is 0 Å². The number of hydrogen-bond acceptors (Lipinski definition) is 7. The highest BCUT2D eigenvalue weighted by molar-refractivity contribution is 5.89. The molecule has 0 aromatic heterocycles. The third-order valence-corrected chi connectivity index (χ3v) is 1.71. The number of nitrogens with two attached hydrogens (primary N) is 2. The summed E-state index contributed by atoms with van der Waals surface area (Å²) in [5.41, 5.74) is 9.82. The zero-order chi connectivity index (χ0) is 11.3. The quantitative estimate of drug-likeness (QED) is 0.298. The molecule has 0 rings (SSSR count). The van der Waals surface area contributed by atoms with Crippen molar-refractivity contribution in [2.45, 2.75) is 18.3 Å². The Morgan fingerprint density at radius 3 is 1.43 bits per heavy atom. The third kappa shape index (κ3) is 3.13. The minimum atomic E-state index is -1.89. The minimum absolute atomic E-state index is 0.484. The Kier molecular flexibility index (Phi) is 5.43. The number of aliphatic hydroxyl groups is 3. The fraction of sp³-hybridized carbons (Fsp3) is 0.714. The number of carbonyl (C=O) groups is 2. The molecule has 0 heterocycles. The molecule has 7 N–H and O–H groups in total. The van der Waals surface area contributed by atoms with Crippen molar-refractivity contribution in [3.63, 3.8) is 0 Å². The van der Waals surface area contributed by atoms with Crippen molar-refractivity contribution in [2.75, 3.05) is 13.1 Å². The first-order chi connectivity index (χ1) is 6.45. The molecule has 0 saturated heterocycles. The fourth-order valence-corrected chi connectivity index (χ4v) is 0.795. The van der Waals surface area contributed by atoms with Crippen molar-refractivity contribution < 1.29 is 24.9 Å². The molecule has 2 unspecified atom stereocenters. The van der Waals surface area contributed by atoms with Crippen molar-refractivity contribution in [1.82, 2.24) is 0 Å². The Bertz CT molecular complexity index is 198. The molecule has 0 radical (unpaired) electrons. The van der Waals surface area contributed by atoms with Crippen LogP contribution in [-0.2, 0) is 9.59 Å². The van der Waals surface area contributed by atoms with Gasteiger partial charge in [-0.25, -0.2) is 0 Å². The zero-order valence-electron chi connectivity index (χ0n) is 7.46. The van der Waals surface area contributed by atoms with E-state index >= 15 is 0 Å². The van der Waals surface area contributed by atoms with Gasteiger partial charge >= 0.3 is 0 Å². The van der Waals surface area contributed by atoms with Gasteiger partial charge in [0.25, 0.3) is 0 Å². The molecule has 0 bridgehead atoms. The maximum absolute atomic E-state index is 10.8. The van der Waals surface area contributed by atoms with E-state index in [-0.39, 0.29) is 0 Å². The number of Topliss-reactive ketones (excluding diaryl/α,β-unsaturated/α-hetero) is 2. The smallest absolute Gasteiger partial charge is 0.177 e. The Labute approximate surface area is 80.3 Å². The Balaban J connectivity index is 4.37. The van der Waals surface area contributed by atoms with Gasteiger partial charge in [-0.1, -0.05) is 0 Å². The lowest BCUT2D eigenvalue weighted by Gasteiger charge is -2.20. The lowest BCUT2D eigenvalue weighted by molar-refractivity contribution is -0.145. The van der Waals surface area contributed by atoms with Gasteiger partial charge in [-0.2, -0.15) is 0 Å². The van der Waals surface area contributed by atoms with E-state index in [1.807, 2.05) is 0 Å². The van der Waals surface area contributed by atoms with Gasteiger partial charge in [0.05, 0.1) is 13.1 Å². The van der Waals surface area contributed by atoms with E-state index in [0.29, 0.717) is 0 Å². The summed E-state index contributed by atoms with van der Waals surface area (Å²) in [6.45, 7) is -0.969. The van der Waals surface area contributed by atoms with Gasteiger partial charge in [-0.05, 0) is 0 Å². The topological polar surface area (TPSA) is 147 Å². The van der Waals surface area contributed by atoms with Crippen molar-refractivity contribution in [1.29, 1.82) is 0 Å². The monoisotopic (exact) mass is 206 g/mol. The largest absolute Gasteiger partial charge is 0.387 e. The van der Waals surface area contributed by atoms with E-state index < -0.39 is 43.0 Å². The maximum atomic E-state index is 10.8. The summed E-state index contributed by atoms with van der Waals surface area (Å²) < 4.78 is 0. The Hall–Kier alpha value is -0.860. The summed E-state index contributed by atoms with van der Waals surface area (Å²) >= 11 is 0. The van der Waals surface area contributed by atoms with Gasteiger partial charge in [0.15, 0.2) is 11.6 Å². The molecule has 0 aliphatic rings. The second kappa shape index (κ2) is 5.78. The van der Waals surface area contributed by atoms with Gasteiger partial charge in [0.2, 0.25) is 0 Å². The molecule has 7 heteroatoms. The number of rotatable bonds is 6. The molecular weight excluding hydrogens is 192 g/mol. The average molecular weight is 206 g/mol. The lowest BCUT2D eigenvalue weighted by Crippen LogP contribution is -2.48. The van der Waals surface area contributed by atoms with Crippen LogP contribution >= 0.6 is 0 Å². The van der Waals surface area contributed by atoms with Crippen LogP contribution in [0.25, 0.3) is 0 Å². The van der Waals surface area contributed by atoms with Gasteiger partial charge in [-0.15, -0.1) is 0 Å². The van der Waals surface area contributed by atoms with Crippen molar-refractivity contribution in [2.24, 2.45) is 11.5 Å². The first-order valence-corrected chi connectivity index (χ1v) is 3.95. The van der Waals surface area contributed by atoms with Crippen molar-refractivity contribution in [3.8, 4) is 0 Å². The summed E-state index contributed by atoms with van der Waals surface area (Å²) in [6.07, 6.45) is -5.63. The number of aliphatic hydroxyl groups excluding tert-OH is 3. The number of hydrogen-bond donors (Lipinski definition) is 5. The molecule has 82 valence electrons. The molecular formula is C7H14N2O5. The second-order valence-electron chi connectivity index (χ2n) is 2.72. The van der Waals surface area contributed by atoms with Crippen LogP contribution in [0.1, 0.15) is 0 Å². The minimum Gasteiger partial charge on any atom is -0.387 e. The molecule has 0 aliphatic heterocycles. The molecule has 0 fully saturated rings. The highest BCUT2D eigenvalue weighted by Crippen LogP contribution is 2.02. The normalized spacial score (nSPS) is 17.2. The molecule has 2 atom stereocenters. The van der Waals surface area contributed by atoms with E-state index in [4.69, 9.17) is 26.8 Å². The zero-order valence-corrected chi connectivity index (χ0v) is 7.46. The van der Waals surface area contributed by atoms with E-state index in [2.05, 4.69) is 0 Å². The first-order valence-electron chi connectivity index (χ1n) is 3.95. The Morgan fingerprint density at radius 2 is 1.21 bits per heavy atom. The predicted octanol–water partition coefficient (Wildman–Crippen LogP) is -3.88. The highest BCUT2D eigenvalue weighted by atomic mass is 16.4. The lowest BCUT2D eigenvalue weighted by atomic mass is 10.0. The van der Waals surface area contributed by atoms with Crippen molar-refractivity contribution in [3.05, 3.63) is 0 Å². The number of carbonyl (C=O) groups excluding carboxylic acids is 2. The summed E-state index contributed by atoms with van der Waals surface area (Å²) in [4.78, 5) is 21.6. The summed E-state index contributed by atoms with van der Waals surface area (Å²) in [7, 11) is 0. The molecule has 7 nitrogen and oxygen atoms in total. The molecule has 0 aromatic carbocycles. The molecule has 0 saturated carbocycles. The van der Waals surface area contributed by atoms with E-state index in [1.165, 1.54) is 0 Å². The molecule has 0 spiro atoms. The maximum Gasteiger partial charge on any atom is 0.177 e. The standard InChI is InChI=1S/C7H14N2O5/c8-1-3(10)5(12)7(14)6(13)4(11)2-9/h5-7,12-14H,1-2,8-9H2. The van der Waals surface area contributed by atoms with Gasteiger partial charge < -0.3 is 26.8 Å². The van der Waals surface area contributed by atoms with Crippen LogP contribution < -0.4 is 11.5 Å². The van der Waals surface area contributed by atoms with Crippen molar-refractivity contribution >= 4 is 11.6 Å². The van der Waals surface area contributed by atoms with Crippen LogP contribution in [-0.4, -0.2) is 58.3 Å². The van der Waals surface area contributed by atoms with Gasteiger partial charge in [0.1, 0.15) is 18.3 Å². The van der Waals surface area contributed by atoms with Gasteiger partial charge in [-0.3, -0.25) is 9.59 Å². The predicted molar refractivity (Wildman–Crippen MR) is 46.1 cm³/mol. The Morgan fingerprint density at radius 1 is 0.929 bits per heavy atom. The number of ketones is 2. The summed E-state index contributed by atoms with van der Waals surface area (Å²) in [5.74, 6) is -1.72. The average Bonchev–Trinajstić information content (AvgIpc) is 2.23. The third-order valence-electron chi connectivity index (χ3n) is 1.71. The summed E-state index contributed by atoms with van der Waals surface area (Å²) in [5, 5.41) is 27.3. The summed E-state index contributed by atoms with van der Waals surface area (Å²) in [6, 6.07) is 0. The molecule has 0 aromatic rings. The first kappa shape index (κ1) is 13.1. The molecule has 14 heavy (non-hydrogen) atoms. The van der Waals surface area contributed by atoms with Crippen LogP contribution in [0.5, 0.6) is 0 Å². The van der Waals surface area contributed by atoms with Crippen LogP contribution in [0, 0.1) is 0 Å². The molecule has 0 amide bonds. The fourth-order valence-electron chi connectivity index (χ4n) is 0.795. The SMILES string of the molecule is NCC(=O)C(O)C(O)C(O)C(=O)CN. The van der Waals surface area contributed by atoms with E-state index in [1.54, 1.807) is 0 Å².